The highest BCUT2D eigenvalue weighted by molar-refractivity contribution is 6.05. The summed E-state index contributed by atoms with van der Waals surface area (Å²) >= 11 is 0. The number of hydrogen-bond acceptors (Lipinski definition) is 3. The lowest BCUT2D eigenvalue weighted by molar-refractivity contribution is -0.118. The zero-order valence-corrected chi connectivity index (χ0v) is 16.7. The number of amides is 2. The first kappa shape index (κ1) is 19.9. The Morgan fingerprint density at radius 3 is 2.61 bits per heavy atom. The maximum absolute atomic E-state index is 12.6. The van der Waals surface area contributed by atoms with Gasteiger partial charge in [0, 0.05) is 29.9 Å². The van der Waals surface area contributed by atoms with E-state index in [1.165, 1.54) is 0 Å². The van der Waals surface area contributed by atoms with E-state index in [9.17, 15) is 9.59 Å². The minimum absolute atomic E-state index is 0.114. The molecule has 2 aromatic rings. The molecule has 0 fully saturated rings. The van der Waals surface area contributed by atoms with Crippen LogP contribution in [0, 0.1) is 0 Å². The molecule has 0 unspecified atom stereocenters. The highest BCUT2D eigenvalue weighted by Crippen LogP contribution is 2.30. The quantitative estimate of drug-likeness (QED) is 0.702. The number of ether oxygens (including phenoxy) is 1. The molecule has 3 rings (SSSR count). The van der Waals surface area contributed by atoms with E-state index in [0.29, 0.717) is 24.3 Å². The molecule has 1 N–H and O–H groups in total. The summed E-state index contributed by atoms with van der Waals surface area (Å²) in [7, 11) is 0. The molecule has 2 amide bonds. The van der Waals surface area contributed by atoms with Crippen molar-refractivity contribution in [2.24, 2.45) is 0 Å². The molecular formula is C23H28N2O3. The molecule has 1 heterocycles. The van der Waals surface area contributed by atoms with Gasteiger partial charge in [-0.2, -0.15) is 0 Å². The second kappa shape index (κ2) is 9.40. The van der Waals surface area contributed by atoms with Crippen LogP contribution in [0.4, 0.5) is 11.4 Å². The zero-order valence-electron chi connectivity index (χ0n) is 16.7. The summed E-state index contributed by atoms with van der Waals surface area (Å²) in [5, 5.41) is 2.94. The third kappa shape index (κ3) is 4.71. The molecule has 1 aliphatic heterocycles. The number of anilines is 2. The van der Waals surface area contributed by atoms with Crippen LogP contribution in [-0.4, -0.2) is 25.0 Å². The molecule has 28 heavy (non-hydrogen) atoms. The molecular weight excluding hydrogens is 352 g/mol. The van der Waals surface area contributed by atoms with E-state index in [-0.39, 0.29) is 11.8 Å². The van der Waals surface area contributed by atoms with Crippen molar-refractivity contribution in [2.45, 2.75) is 46.0 Å². The number of unbranched alkanes of at least 4 members (excludes halogenated alkanes) is 1. The van der Waals surface area contributed by atoms with Crippen molar-refractivity contribution in [1.29, 1.82) is 0 Å². The van der Waals surface area contributed by atoms with E-state index in [2.05, 4.69) is 12.2 Å². The number of carbonyl (C=O) groups is 2. The lowest BCUT2D eigenvalue weighted by atomic mass is 10.0. The highest BCUT2D eigenvalue weighted by Gasteiger charge is 2.22. The van der Waals surface area contributed by atoms with E-state index in [0.717, 1.165) is 49.2 Å². The number of benzene rings is 2. The van der Waals surface area contributed by atoms with E-state index in [1.807, 2.05) is 42.2 Å². The Labute approximate surface area is 166 Å². The first-order valence-electron chi connectivity index (χ1n) is 10.1. The summed E-state index contributed by atoms with van der Waals surface area (Å²) in [6, 6.07) is 13.0. The fourth-order valence-electron chi connectivity index (χ4n) is 3.34. The lowest BCUT2D eigenvalue weighted by Gasteiger charge is -2.29. The Kier molecular flexibility index (Phi) is 6.69. The summed E-state index contributed by atoms with van der Waals surface area (Å²) < 4.78 is 5.64. The third-order valence-corrected chi connectivity index (χ3v) is 4.95. The van der Waals surface area contributed by atoms with Gasteiger partial charge < -0.3 is 15.0 Å². The Morgan fingerprint density at radius 2 is 1.89 bits per heavy atom. The molecule has 0 saturated heterocycles. The van der Waals surface area contributed by atoms with Crippen LogP contribution in [0.1, 0.15) is 55.5 Å². The Morgan fingerprint density at radius 1 is 1.11 bits per heavy atom. The van der Waals surface area contributed by atoms with Crippen molar-refractivity contribution in [3.8, 4) is 5.75 Å². The monoisotopic (exact) mass is 380 g/mol. The van der Waals surface area contributed by atoms with Crippen molar-refractivity contribution >= 4 is 23.2 Å². The summed E-state index contributed by atoms with van der Waals surface area (Å²) in [5.74, 6) is 0.708. The van der Waals surface area contributed by atoms with Gasteiger partial charge in [0.05, 0.1) is 6.61 Å². The van der Waals surface area contributed by atoms with Crippen LogP contribution in [0.15, 0.2) is 42.5 Å². The maximum atomic E-state index is 12.6. The number of rotatable bonds is 7. The number of fused-ring (bicyclic) bond motifs is 1. The highest BCUT2D eigenvalue weighted by atomic mass is 16.5. The number of carbonyl (C=O) groups excluding carboxylic acids is 2. The van der Waals surface area contributed by atoms with Crippen molar-refractivity contribution < 1.29 is 14.3 Å². The van der Waals surface area contributed by atoms with Gasteiger partial charge in [-0.3, -0.25) is 9.59 Å². The first-order valence-corrected chi connectivity index (χ1v) is 10.1. The van der Waals surface area contributed by atoms with E-state index >= 15 is 0 Å². The van der Waals surface area contributed by atoms with E-state index in [1.54, 1.807) is 12.1 Å². The van der Waals surface area contributed by atoms with Crippen LogP contribution in [0.5, 0.6) is 5.75 Å². The van der Waals surface area contributed by atoms with Crippen LogP contribution in [0.2, 0.25) is 0 Å². The number of hydrogen-bond donors (Lipinski definition) is 1. The summed E-state index contributed by atoms with van der Waals surface area (Å²) in [5.41, 5.74) is 3.33. The molecule has 0 aliphatic carbocycles. The topological polar surface area (TPSA) is 58.6 Å². The number of aryl methyl sites for hydroxylation is 1. The SMILES string of the molecule is CCCCOc1ccc(C(=O)Nc2ccc3c(c2)N(C(=O)CC)CCC3)cc1. The van der Waals surface area contributed by atoms with Gasteiger partial charge in [0.15, 0.2) is 0 Å². The fraction of sp³-hybridized carbons (Fsp3) is 0.391. The molecule has 148 valence electrons. The molecule has 0 radical (unpaired) electrons. The molecule has 0 spiro atoms. The Hall–Kier alpha value is -2.82. The molecule has 0 saturated carbocycles. The average molecular weight is 380 g/mol. The first-order chi connectivity index (χ1) is 13.6. The summed E-state index contributed by atoms with van der Waals surface area (Å²) in [6.45, 7) is 5.41. The Balaban J connectivity index is 1.70. The van der Waals surface area contributed by atoms with Gasteiger partial charge in [-0.15, -0.1) is 0 Å². The van der Waals surface area contributed by atoms with Crippen LogP contribution in [0.3, 0.4) is 0 Å². The predicted octanol–water partition coefficient (Wildman–Crippen LogP) is 4.81. The van der Waals surface area contributed by atoms with Gasteiger partial charge in [0.2, 0.25) is 5.91 Å². The van der Waals surface area contributed by atoms with Crippen LogP contribution < -0.4 is 15.0 Å². The average Bonchev–Trinajstić information content (AvgIpc) is 2.73. The van der Waals surface area contributed by atoms with Crippen LogP contribution >= 0.6 is 0 Å². The standard InChI is InChI=1S/C23H28N2O3/c1-3-5-15-28-20-12-9-18(10-13-20)23(27)24-19-11-8-17-7-6-14-25(21(17)16-19)22(26)4-2/h8-13,16H,3-7,14-15H2,1-2H3,(H,24,27). The lowest BCUT2D eigenvalue weighted by Crippen LogP contribution is -2.35. The van der Waals surface area contributed by atoms with Crippen molar-refractivity contribution in [2.75, 3.05) is 23.4 Å². The minimum atomic E-state index is -0.177. The molecule has 5 nitrogen and oxygen atoms in total. The Bertz CT molecular complexity index is 830. The summed E-state index contributed by atoms with van der Waals surface area (Å²) in [6.07, 6.45) is 4.50. The van der Waals surface area contributed by atoms with Gasteiger partial charge in [-0.05, 0) is 61.2 Å². The van der Waals surface area contributed by atoms with Gasteiger partial charge in [0.1, 0.15) is 5.75 Å². The predicted molar refractivity (Wildman–Crippen MR) is 112 cm³/mol. The van der Waals surface area contributed by atoms with E-state index in [4.69, 9.17) is 4.74 Å². The van der Waals surface area contributed by atoms with Crippen LogP contribution in [-0.2, 0) is 11.2 Å². The zero-order chi connectivity index (χ0) is 19.9. The van der Waals surface area contributed by atoms with E-state index < -0.39 is 0 Å². The molecule has 2 aromatic carbocycles. The van der Waals surface area contributed by atoms with Crippen molar-refractivity contribution in [1.82, 2.24) is 0 Å². The molecule has 0 aromatic heterocycles. The largest absolute Gasteiger partial charge is 0.494 e. The van der Waals surface area contributed by atoms with Gasteiger partial charge in [0.25, 0.3) is 5.91 Å². The van der Waals surface area contributed by atoms with Gasteiger partial charge >= 0.3 is 0 Å². The maximum Gasteiger partial charge on any atom is 0.255 e. The normalized spacial score (nSPS) is 13.0. The second-order valence-corrected chi connectivity index (χ2v) is 7.03. The number of nitrogens with zero attached hydrogens (tertiary/aromatic N) is 1. The van der Waals surface area contributed by atoms with Crippen molar-refractivity contribution in [3.63, 3.8) is 0 Å². The van der Waals surface area contributed by atoms with Gasteiger partial charge in [-0.25, -0.2) is 0 Å². The fourth-order valence-corrected chi connectivity index (χ4v) is 3.34. The number of nitrogens with one attached hydrogen (secondary N) is 1. The third-order valence-electron chi connectivity index (χ3n) is 4.95. The minimum Gasteiger partial charge on any atom is -0.494 e. The molecule has 1 aliphatic rings. The molecule has 0 atom stereocenters. The summed E-state index contributed by atoms with van der Waals surface area (Å²) in [4.78, 5) is 26.7. The molecule has 0 bridgehead atoms. The van der Waals surface area contributed by atoms with Crippen LogP contribution in [0.25, 0.3) is 0 Å². The smallest absolute Gasteiger partial charge is 0.255 e. The molecule has 5 heteroatoms. The second-order valence-electron chi connectivity index (χ2n) is 7.03. The van der Waals surface area contributed by atoms with Crippen molar-refractivity contribution in [3.05, 3.63) is 53.6 Å². The van der Waals surface area contributed by atoms with Gasteiger partial charge in [-0.1, -0.05) is 26.3 Å².